The van der Waals surface area contributed by atoms with E-state index in [1.165, 1.54) is 0 Å². The molecule has 0 radical (unpaired) electrons. The summed E-state index contributed by atoms with van der Waals surface area (Å²) in [5.41, 5.74) is 6.91. The lowest BCUT2D eigenvalue weighted by atomic mass is 10.0. The summed E-state index contributed by atoms with van der Waals surface area (Å²) in [6.45, 7) is 10.7. The molecule has 0 aromatic heterocycles. The van der Waals surface area contributed by atoms with E-state index in [1.807, 2.05) is 65.0 Å². The third-order valence-corrected chi connectivity index (χ3v) is 3.57. The van der Waals surface area contributed by atoms with Crippen LogP contribution in [0, 0.1) is 5.92 Å². The van der Waals surface area contributed by atoms with Gasteiger partial charge in [0.2, 0.25) is 0 Å². The molecule has 4 N–H and O–H groups in total. The maximum absolute atomic E-state index is 12.5. The van der Waals surface area contributed by atoms with E-state index >= 15 is 0 Å². The number of hydrogen-bond donors (Lipinski definition) is 3. The van der Waals surface area contributed by atoms with Crippen LogP contribution in [-0.2, 0) is 6.42 Å². The zero-order valence-corrected chi connectivity index (χ0v) is 16.8. The van der Waals surface area contributed by atoms with Gasteiger partial charge < -0.3 is 21.1 Å². The Morgan fingerprint density at radius 3 is 2.24 bits per heavy atom. The number of carbonyl (C=O) groups excluding carboxylic acids is 1. The molecule has 0 aliphatic rings. The van der Waals surface area contributed by atoms with Crippen molar-refractivity contribution < 1.29 is 9.90 Å². The van der Waals surface area contributed by atoms with Gasteiger partial charge in [-0.2, -0.15) is 0 Å². The second-order valence-electron chi connectivity index (χ2n) is 7.90. The van der Waals surface area contributed by atoms with Gasteiger partial charge in [0.1, 0.15) is 0 Å². The van der Waals surface area contributed by atoms with Crippen molar-refractivity contribution in [1.82, 2.24) is 10.2 Å². The van der Waals surface area contributed by atoms with E-state index in [1.54, 1.807) is 4.90 Å². The summed E-state index contributed by atoms with van der Waals surface area (Å²) < 4.78 is 0. The standard InChI is InChI=1S/C19H33N3O2.ClH/c1-14(2)12-22(18(24)21-19(3,4)5)13-17(23)16(20)11-15-9-7-6-8-10-15;/h6-10,14,16-17,23H,11-13,20H2,1-5H3,(H,21,24);1H/t16-,17+;/m0./s1. The van der Waals surface area contributed by atoms with E-state index in [-0.39, 0.29) is 30.5 Å². The number of urea groups is 1. The molecule has 0 aliphatic heterocycles. The fraction of sp³-hybridized carbons (Fsp3) is 0.632. The molecule has 0 saturated carbocycles. The lowest BCUT2D eigenvalue weighted by Crippen LogP contribution is -2.53. The third-order valence-electron chi connectivity index (χ3n) is 3.57. The minimum absolute atomic E-state index is 0. The Morgan fingerprint density at radius 2 is 1.76 bits per heavy atom. The zero-order valence-electron chi connectivity index (χ0n) is 16.0. The SMILES string of the molecule is CC(C)CN(C[C@@H](O)[C@@H](N)Cc1ccccc1)C(=O)NC(C)(C)C.Cl. The average Bonchev–Trinajstić information content (AvgIpc) is 2.45. The Kier molecular flexibility index (Phi) is 10.1. The summed E-state index contributed by atoms with van der Waals surface area (Å²) in [5.74, 6) is 0.313. The molecule has 2 atom stereocenters. The summed E-state index contributed by atoms with van der Waals surface area (Å²) in [7, 11) is 0. The molecule has 0 bridgehead atoms. The molecule has 5 nitrogen and oxygen atoms in total. The molecular formula is C19H34ClN3O2. The van der Waals surface area contributed by atoms with E-state index in [2.05, 4.69) is 5.32 Å². The van der Waals surface area contributed by atoms with Crippen LogP contribution in [0.25, 0.3) is 0 Å². The summed E-state index contributed by atoms with van der Waals surface area (Å²) in [6.07, 6.45) is -0.187. The molecule has 144 valence electrons. The van der Waals surface area contributed by atoms with Crippen LogP contribution in [0.5, 0.6) is 0 Å². The first kappa shape index (κ1) is 23.7. The van der Waals surface area contributed by atoms with Gasteiger partial charge in [0.15, 0.2) is 0 Å². The number of nitrogens with one attached hydrogen (secondary N) is 1. The van der Waals surface area contributed by atoms with Gasteiger partial charge in [-0.25, -0.2) is 4.79 Å². The second-order valence-corrected chi connectivity index (χ2v) is 7.90. The summed E-state index contributed by atoms with van der Waals surface area (Å²) in [5, 5.41) is 13.4. The lowest BCUT2D eigenvalue weighted by molar-refractivity contribution is 0.0938. The number of carbonyl (C=O) groups is 1. The third kappa shape index (κ3) is 9.68. The predicted octanol–water partition coefficient (Wildman–Crippen LogP) is 2.81. The molecule has 0 heterocycles. The second kappa shape index (κ2) is 10.6. The van der Waals surface area contributed by atoms with E-state index in [9.17, 15) is 9.90 Å². The summed E-state index contributed by atoms with van der Waals surface area (Å²) in [6, 6.07) is 9.26. The van der Waals surface area contributed by atoms with Crippen molar-refractivity contribution >= 4 is 18.4 Å². The highest BCUT2D eigenvalue weighted by atomic mass is 35.5. The van der Waals surface area contributed by atoms with Gasteiger partial charge in [0.05, 0.1) is 6.10 Å². The number of nitrogens with two attached hydrogens (primary N) is 1. The highest BCUT2D eigenvalue weighted by molar-refractivity contribution is 5.85. The maximum Gasteiger partial charge on any atom is 0.317 e. The number of nitrogens with zero attached hydrogens (tertiary/aromatic N) is 1. The molecule has 1 rings (SSSR count). The molecule has 1 aromatic carbocycles. The Morgan fingerprint density at radius 1 is 1.20 bits per heavy atom. The molecule has 25 heavy (non-hydrogen) atoms. The molecular weight excluding hydrogens is 338 g/mol. The first-order valence-corrected chi connectivity index (χ1v) is 8.63. The fourth-order valence-corrected chi connectivity index (χ4v) is 2.46. The predicted molar refractivity (Wildman–Crippen MR) is 106 cm³/mol. The Labute approximate surface area is 158 Å². The first-order valence-electron chi connectivity index (χ1n) is 8.63. The highest BCUT2D eigenvalue weighted by Crippen LogP contribution is 2.09. The molecule has 1 aromatic rings. The maximum atomic E-state index is 12.5. The molecule has 0 fully saturated rings. The van der Waals surface area contributed by atoms with Gasteiger partial charge in [-0.15, -0.1) is 12.4 Å². The Balaban J connectivity index is 0.00000576. The quantitative estimate of drug-likeness (QED) is 0.689. The van der Waals surface area contributed by atoms with Crippen molar-refractivity contribution in [1.29, 1.82) is 0 Å². The van der Waals surface area contributed by atoms with E-state index in [0.717, 1.165) is 5.56 Å². The molecule has 2 amide bonds. The van der Waals surface area contributed by atoms with Crippen LogP contribution >= 0.6 is 12.4 Å². The van der Waals surface area contributed by atoms with E-state index in [0.29, 0.717) is 18.9 Å². The number of benzene rings is 1. The summed E-state index contributed by atoms with van der Waals surface area (Å²) in [4.78, 5) is 14.1. The molecule has 0 saturated heterocycles. The van der Waals surface area contributed by atoms with Crippen molar-refractivity contribution in [2.24, 2.45) is 11.7 Å². The Hall–Kier alpha value is -1.30. The van der Waals surface area contributed by atoms with Crippen LogP contribution < -0.4 is 11.1 Å². The monoisotopic (exact) mass is 371 g/mol. The van der Waals surface area contributed by atoms with Crippen molar-refractivity contribution in [3.05, 3.63) is 35.9 Å². The average molecular weight is 372 g/mol. The largest absolute Gasteiger partial charge is 0.390 e. The minimum atomic E-state index is -0.769. The van der Waals surface area contributed by atoms with Gasteiger partial charge >= 0.3 is 6.03 Å². The van der Waals surface area contributed by atoms with Gasteiger partial charge in [-0.05, 0) is 38.7 Å². The van der Waals surface area contributed by atoms with Crippen LogP contribution in [0.1, 0.15) is 40.2 Å². The Bertz CT molecular complexity index is 503. The van der Waals surface area contributed by atoms with Gasteiger partial charge in [-0.3, -0.25) is 0 Å². The number of aliphatic hydroxyl groups excluding tert-OH is 1. The molecule has 0 aliphatic carbocycles. The molecule has 0 unspecified atom stereocenters. The van der Waals surface area contributed by atoms with Crippen LogP contribution in [0.15, 0.2) is 30.3 Å². The number of hydrogen-bond acceptors (Lipinski definition) is 3. The van der Waals surface area contributed by atoms with Crippen LogP contribution in [0.4, 0.5) is 4.79 Å². The summed E-state index contributed by atoms with van der Waals surface area (Å²) >= 11 is 0. The van der Waals surface area contributed by atoms with Crippen LogP contribution in [-0.4, -0.2) is 46.8 Å². The van der Waals surface area contributed by atoms with Crippen LogP contribution in [0.2, 0.25) is 0 Å². The highest BCUT2D eigenvalue weighted by Gasteiger charge is 2.25. The molecule has 0 spiro atoms. The van der Waals surface area contributed by atoms with Crippen LogP contribution in [0.3, 0.4) is 0 Å². The van der Waals surface area contributed by atoms with Crippen molar-refractivity contribution in [2.75, 3.05) is 13.1 Å². The van der Waals surface area contributed by atoms with Gasteiger partial charge in [-0.1, -0.05) is 44.2 Å². The van der Waals surface area contributed by atoms with Crippen molar-refractivity contribution in [2.45, 2.75) is 58.7 Å². The van der Waals surface area contributed by atoms with Gasteiger partial charge in [0, 0.05) is 24.7 Å². The smallest absolute Gasteiger partial charge is 0.317 e. The molecule has 6 heteroatoms. The minimum Gasteiger partial charge on any atom is -0.390 e. The van der Waals surface area contributed by atoms with Gasteiger partial charge in [0.25, 0.3) is 0 Å². The van der Waals surface area contributed by atoms with E-state index in [4.69, 9.17) is 5.73 Å². The lowest BCUT2D eigenvalue weighted by Gasteiger charge is -2.32. The number of aliphatic hydroxyl groups is 1. The number of rotatable bonds is 7. The number of halogens is 1. The first-order chi connectivity index (χ1) is 11.1. The fourth-order valence-electron chi connectivity index (χ4n) is 2.46. The normalized spacial score (nSPS) is 13.8. The zero-order chi connectivity index (χ0) is 18.3. The topological polar surface area (TPSA) is 78.6 Å². The number of amides is 2. The van der Waals surface area contributed by atoms with Crippen molar-refractivity contribution in [3.63, 3.8) is 0 Å². The van der Waals surface area contributed by atoms with Crippen molar-refractivity contribution in [3.8, 4) is 0 Å². The van der Waals surface area contributed by atoms with E-state index < -0.39 is 12.1 Å².